The molecular weight excluding hydrogens is 398 g/mol. The minimum absolute atomic E-state index is 0.158. The van der Waals surface area contributed by atoms with Crippen LogP contribution < -0.4 is 9.64 Å². The summed E-state index contributed by atoms with van der Waals surface area (Å²) in [5.74, 6) is 1.11. The van der Waals surface area contributed by atoms with Gasteiger partial charge in [-0.25, -0.2) is 0 Å². The Kier molecular flexibility index (Phi) is 5.94. The number of unbranched alkanes of at least 4 members (excludes halogenated alkanes) is 1. The maximum atomic E-state index is 12.7. The minimum atomic E-state index is -0.755. The number of ether oxygens (including phenoxy) is 1. The number of pyridine rings is 1. The molecule has 0 N–H and O–H groups in total. The average molecular weight is 422 g/mol. The lowest BCUT2D eigenvalue weighted by Gasteiger charge is -2.29. The third-order valence-electron chi connectivity index (χ3n) is 4.74. The molecule has 0 unspecified atom stereocenters. The number of thioether (sulfide) groups is 1. The topological polar surface area (TPSA) is 81.1 Å². The fourth-order valence-corrected chi connectivity index (χ4v) is 4.18. The van der Waals surface area contributed by atoms with Crippen LogP contribution >= 0.6 is 11.8 Å². The zero-order valence-corrected chi connectivity index (χ0v) is 18.0. The van der Waals surface area contributed by atoms with Crippen LogP contribution in [0.1, 0.15) is 44.3 Å². The van der Waals surface area contributed by atoms with Gasteiger partial charge in [-0.2, -0.15) is 4.98 Å². The number of aromatic nitrogens is 4. The number of fused-ring (bicyclic) bond motifs is 3. The number of aryl methyl sites for hydroxylation is 1. The van der Waals surface area contributed by atoms with Crippen LogP contribution in [0.15, 0.2) is 47.6 Å². The summed E-state index contributed by atoms with van der Waals surface area (Å²) in [4.78, 5) is 23.6. The van der Waals surface area contributed by atoms with E-state index in [0.29, 0.717) is 28.1 Å². The van der Waals surface area contributed by atoms with E-state index in [-0.39, 0.29) is 5.91 Å². The fraction of sp³-hybridized carbons (Fsp3) is 0.318. The molecule has 0 saturated heterocycles. The number of hydrogen-bond donors (Lipinski definition) is 0. The number of carbonyl (C=O) groups is 1. The molecule has 1 aliphatic rings. The summed E-state index contributed by atoms with van der Waals surface area (Å²) in [5, 5.41) is 9.27. The SMILES string of the molecule is CCCCSc1nnc2c(n1)O[C@@H](c1cccc(C)n1)N(C(C)=O)c1ccccc1-2. The van der Waals surface area contributed by atoms with Crippen LogP contribution in [0.2, 0.25) is 0 Å². The molecule has 0 spiro atoms. The van der Waals surface area contributed by atoms with E-state index in [2.05, 4.69) is 27.1 Å². The Bertz CT molecular complexity index is 1070. The van der Waals surface area contributed by atoms with Gasteiger partial charge < -0.3 is 4.74 Å². The van der Waals surface area contributed by atoms with Crippen molar-refractivity contribution in [3.8, 4) is 17.1 Å². The van der Waals surface area contributed by atoms with Crippen LogP contribution in [0.3, 0.4) is 0 Å². The first kappa shape index (κ1) is 20.3. The van der Waals surface area contributed by atoms with Crippen molar-refractivity contribution in [3.05, 3.63) is 53.9 Å². The highest BCUT2D eigenvalue weighted by Crippen LogP contribution is 2.43. The minimum Gasteiger partial charge on any atom is -0.445 e. The number of carbonyl (C=O) groups excluding carboxylic acids is 1. The highest BCUT2D eigenvalue weighted by molar-refractivity contribution is 7.99. The van der Waals surface area contributed by atoms with E-state index in [9.17, 15) is 4.79 Å². The Hall–Kier alpha value is -3.00. The number of anilines is 1. The van der Waals surface area contributed by atoms with Gasteiger partial charge in [-0.05, 0) is 31.5 Å². The van der Waals surface area contributed by atoms with Gasteiger partial charge in [0.15, 0.2) is 5.69 Å². The zero-order valence-electron chi connectivity index (χ0n) is 17.2. The Morgan fingerprint density at radius 2 is 1.97 bits per heavy atom. The molecule has 0 fully saturated rings. The highest BCUT2D eigenvalue weighted by Gasteiger charge is 2.35. The lowest BCUT2D eigenvalue weighted by molar-refractivity contribution is -0.118. The second kappa shape index (κ2) is 8.79. The molecule has 1 atom stereocenters. The molecule has 0 bridgehead atoms. The van der Waals surface area contributed by atoms with Gasteiger partial charge in [0.05, 0.1) is 5.69 Å². The normalized spacial score (nSPS) is 15.0. The van der Waals surface area contributed by atoms with Crippen LogP contribution in [0.25, 0.3) is 11.3 Å². The summed E-state index contributed by atoms with van der Waals surface area (Å²) in [6, 6.07) is 13.2. The predicted molar refractivity (Wildman–Crippen MR) is 116 cm³/mol. The molecule has 0 radical (unpaired) electrons. The number of rotatable bonds is 5. The van der Waals surface area contributed by atoms with E-state index in [1.165, 1.54) is 6.92 Å². The summed E-state index contributed by atoms with van der Waals surface area (Å²) < 4.78 is 6.32. The summed E-state index contributed by atoms with van der Waals surface area (Å²) in [5.41, 5.74) is 3.44. The smallest absolute Gasteiger partial charge is 0.247 e. The number of amides is 1. The van der Waals surface area contributed by atoms with Crippen LogP contribution in [-0.2, 0) is 4.79 Å². The molecule has 4 rings (SSSR count). The van der Waals surface area contributed by atoms with Gasteiger partial charge in [-0.15, -0.1) is 10.2 Å². The molecule has 0 saturated carbocycles. The van der Waals surface area contributed by atoms with Gasteiger partial charge in [0.1, 0.15) is 5.69 Å². The van der Waals surface area contributed by atoms with Crippen molar-refractivity contribution >= 4 is 23.4 Å². The first-order valence-corrected chi connectivity index (χ1v) is 10.9. The van der Waals surface area contributed by atoms with Gasteiger partial charge >= 0.3 is 0 Å². The molecule has 154 valence electrons. The van der Waals surface area contributed by atoms with Crippen molar-refractivity contribution in [1.29, 1.82) is 0 Å². The molecular formula is C22H23N5O2S. The molecule has 0 aliphatic carbocycles. The fourth-order valence-electron chi connectivity index (χ4n) is 3.32. The van der Waals surface area contributed by atoms with Gasteiger partial charge in [0, 0.05) is 23.9 Å². The van der Waals surface area contributed by atoms with Gasteiger partial charge in [-0.1, -0.05) is 49.4 Å². The van der Waals surface area contributed by atoms with E-state index >= 15 is 0 Å². The monoisotopic (exact) mass is 421 g/mol. The van der Waals surface area contributed by atoms with Crippen LogP contribution in [0.5, 0.6) is 5.88 Å². The highest BCUT2D eigenvalue weighted by atomic mass is 32.2. The van der Waals surface area contributed by atoms with Crippen LogP contribution in [0, 0.1) is 6.92 Å². The molecule has 3 heterocycles. The summed E-state index contributed by atoms with van der Waals surface area (Å²) in [6.45, 7) is 5.57. The lowest BCUT2D eigenvalue weighted by Crippen LogP contribution is -2.36. The summed E-state index contributed by atoms with van der Waals surface area (Å²) in [7, 11) is 0. The molecule has 1 aromatic carbocycles. The predicted octanol–water partition coefficient (Wildman–Crippen LogP) is 4.58. The quantitative estimate of drug-likeness (QED) is 0.441. The summed E-state index contributed by atoms with van der Waals surface area (Å²) in [6.07, 6.45) is 1.42. The van der Waals surface area contributed by atoms with Crippen molar-refractivity contribution in [3.63, 3.8) is 0 Å². The van der Waals surface area contributed by atoms with Crippen LogP contribution in [-0.4, -0.2) is 31.8 Å². The van der Waals surface area contributed by atoms with Crippen molar-refractivity contribution in [2.24, 2.45) is 0 Å². The van der Waals surface area contributed by atoms with E-state index in [4.69, 9.17) is 4.74 Å². The van der Waals surface area contributed by atoms with Gasteiger partial charge in [-0.3, -0.25) is 14.7 Å². The second-order valence-electron chi connectivity index (χ2n) is 7.03. The third kappa shape index (κ3) is 4.00. The number of hydrogen-bond acceptors (Lipinski definition) is 7. The number of benzene rings is 1. The van der Waals surface area contributed by atoms with Gasteiger partial charge in [0.2, 0.25) is 23.2 Å². The molecule has 2 aromatic heterocycles. The molecule has 3 aromatic rings. The molecule has 1 amide bonds. The van der Waals surface area contributed by atoms with Crippen LogP contribution in [0.4, 0.5) is 5.69 Å². The molecule has 7 nitrogen and oxygen atoms in total. The van der Waals surface area contributed by atoms with Crippen molar-refractivity contribution < 1.29 is 9.53 Å². The van der Waals surface area contributed by atoms with E-state index in [1.807, 2.05) is 49.4 Å². The standard InChI is InChI=1S/C22H23N5O2S/c1-4-5-13-30-22-24-20-19(25-26-22)16-10-6-7-12-18(16)27(15(3)28)21(29-20)17-11-8-9-14(2)23-17/h6-12,21H,4-5,13H2,1-3H3/t21-/m0/s1. The maximum Gasteiger partial charge on any atom is 0.247 e. The zero-order chi connectivity index (χ0) is 21.1. The van der Waals surface area contributed by atoms with E-state index in [1.54, 1.807) is 16.7 Å². The lowest BCUT2D eigenvalue weighted by atomic mass is 10.1. The molecule has 30 heavy (non-hydrogen) atoms. The van der Waals surface area contributed by atoms with E-state index in [0.717, 1.165) is 29.9 Å². The Labute approximate surface area is 179 Å². The first-order chi connectivity index (χ1) is 14.6. The Balaban J connectivity index is 1.86. The number of nitrogens with zero attached hydrogens (tertiary/aromatic N) is 5. The van der Waals surface area contributed by atoms with Gasteiger partial charge in [0.25, 0.3) is 0 Å². The summed E-state index contributed by atoms with van der Waals surface area (Å²) >= 11 is 1.55. The average Bonchev–Trinajstić information content (AvgIpc) is 2.88. The van der Waals surface area contributed by atoms with E-state index < -0.39 is 6.23 Å². The molecule has 8 heteroatoms. The first-order valence-electron chi connectivity index (χ1n) is 9.95. The number of para-hydroxylation sites is 1. The Morgan fingerprint density at radius 3 is 2.73 bits per heavy atom. The Morgan fingerprint density at radius 1 is 1.13 bits per heavy atom. The molecule has 1 aliphatic heterocycles. The maximum absolute atomic E-state index is 12.7. The second-order valence-corrected chi connectivity index (χ2v) is 8.09. The van der Waals surface area contributed by atoms with Crippen molar-refractivity contribution in [2.45, 2.75) is 45.0 Å². The van der Waals surface area contributed by atoms with Crippen molar-refractivity contribution in [2.75, 3.05) is 10.7 Å². The van der Waals surface area contributed by atoms with Crippen molar-refractivity contribution in [1.82, 2.24) is 20.2 Å². The largest absolute Gasteiger partial charge is 0.445 e. The third-order valence-corrected chi connectivity index (χ3v) is 5.67.